The molecule has 1 aromatic rings. The quantitative estimate of drug-likeness (QED) is 0.621. The van der Waals surface area contributed by atoms with Crippen LogP contribution in [0.2, 0.25) is 0 Å². The summed E-state index contributed by atoms with van der Waals surface area (Å²) in [4.78, 5) is 22.3. The van der Waals surface area contributed by atoms with Gasteiger partial charge in [-0.25, -0.2) is 0 Å². The standard InChI is InChI=1S/C13H17N3O4/c1-20-12-5-4-10(16(18)19)7-11(12)13(17)15-8-9-3-2-6-14-9/h4-5,7,9,14H,2-3,6,8H2,1H3,(H,15,17). The normalized spacial score (nSPS) is 17.8. The third-order valence-corrected chi connectivity index (χ3v) is 3.31. The van der Waals surface area contributed by atoms with E-state index in [0.717, 1.165) is 19.4 Å². The minimum Gasteiger partial charge on any atom is -0.496 e. The number of rotatable bonds is 5. The van der Waals surface area contributed by atoms with Crippen LogP contribution in [0.15, 0.2) is 18.2 Å². The zero-order chi connectivity index (χ0) is 14.5. The van der Waals surface area contributed by atoms with Gasteiger partial charge in [0.1, 0.15) is 5.75 Å². The van der Waals surface area contributed by atoms with Gasteiger partial charge in [-0.3, -0.25) is 14.9 Å². The molecule has 2 rings (SSSR count). The zero-order valence-electron chi connectivity index (χ0n) is 11.2. The van der Waals surface area contributed by atoms with E-state index in [1.807, 2.05) is 0 Å². The van der Waals surface area contributed by atoms with Gasteiger partial charge in [-0.2, -0.15) is 0 Å². The van der Waals surface area contributed by atoms with E-state index in [2.05, 4.69) is 10.6 Å². The van der Waals surface area contributed by atoms with E-state index in [4.69, 9.17) is 4.74 Å². The number of hydrogen-bond acceptors (Lipinski definition) is 5. The molecule has 1 saturated heterocycles. The average molecular weight is 279 g/mol. The van der Waals surface area contributed by atoms with Crippen molar-refractivity contribution in [1.29, 1.82) is 0 Å². The van der Waals surface area contributed by atoms with Crippen LogP contribution < -0.4 is 15.4 Å². The molecule has 2 N–H and O–H groups in total. The van der Waals surface area contributed by atoms with Crippen LogP contribution >= 0.6 is 0 Å². The molecule has 1 unspecified atom stereocenters. The van der Waals surface area contributed by atoms with Gasteiger partial charge in [0.05, 0.1) is 17.6 Å². The Bertz CT molecular complexity index is 512. The highest BCUT2D eigenvalue weighted by Crippen LogP contribution is 2.23. The first-order chi connectivity index (χ1) is 9.61. The predicted molar refractivity (Wildman–Crippen MR) is 73.0 cm³/mol. The second kappa shape index (κ2) is 6.33. The minimum atomic E-state index is -0.533. The van der Waals surface area contributed by atoms with Crippen LogP contribution in [-0.4, -0.2) is 37.1 Å². The number of ether oxygens (including phenoxy) is 1. The Balaban J connectivity index is 2.10. The molecule has 1 atom stereocenters. The summed E-state index contributed by atoms with van der Waals surface area (Å²) in [5.74, 6) is -0.0354. The molecule has 1 aromatic carbocycles. The maximum Gasteiger partial charge on any atom is 0.270 e. The number of non-ortho nitro benzene ring substituents is 1. The highest BCUT2D eigenvalue weighted by Gasteiger charge is 2.19. The first-order valence-electron chi connectivity index (χ1n) is 6.46. The smallest absolute Gasteiger partial charge is 0.270 e. The van der Waals surface area contributed by atoms with Crippen molar-refractivity contribution in [3.05, 3.63) is 33.9 Å². The summed E-state index contributed by atoms with van der Waals surface area (Å²) >= 11 is 0. The summed E-state index contributed by atoms with van der Waals surface area (Å²) in [5.41, 5.74) is 0.0506. The van der Waals surface area contributed by atoms with Gasteiger partial charge in [-0.15, -0.1) is 0 Å². The van der Waals surface area contributed by atoms with Crippen molar-refractivity contribution >= 4 is 11.6 Å². The van der Waals surface area contributed by atoms with Crippen molar-refractivity contribution in [2.45, 2.75) is 18.9 Å². The molecular weight excluding hydrogens is 262 g/mol. The summed E-state index contributed by atoms with van der Waals surface area (Å²) in [6.45, 7) is 1.46. The SMILES string of the molecule is COc1ccc([N+](=O)[O-])cc1C(=O)NCC1CCCN1. The van der Waals surface area contributed by atoms with Crippen molar-refractivity contribution < 1.29 is 14.5 Å². The Labute approximate surface area is 116 Å². The number of nitrogens with one attached hydrogen (secondary N) is 2. The highest BCUT2D eigenvalue weighted by molar-refractivity contribution is 5.97. The number of nitro benzene ring substituents is 1. The fraction of sp³-hybridized carbons (Fsp3) is 0.462. The number of carbonyl (C=O) groups excluding carboxylic acids is 1. The lowest BCUT2D eigenvalue weighted by Crippen LogP contribution is -2.37. The monoisotopic (exact) mass is 279 g/mol. The van der Waals surface area contributed by atoms with Gasteiger partial charge in [0, 0.05) is 24.7 Å². The van der Waals surface area contributed by atoms with Gasteiger partial charge in [0.25, 0.3) is 11.6 Å². The van der Waals surface area contributed by atoms with E-state index in [0.29, 0.717) is 12.3 Å². The van der Waals surface area contributed by atoms with Crippen LogP contribution in [0.3, 0.4) is 0 Å². The lowest BCUT2D eigenvalue weighted by Gasteiger charge is -2.13. The maximum atomic E-state index is 12.1. The van der Waals surface area contributed by atoms with Crippen molar-refractivity contribution in [3.8, 4) is 5.75 Å². The third-order valence-electron chi connectivity index (χ3n) is 3.31. The molecule has 1 amide bonds. The Hall–Kier alpha value is -2.15. The van der Waals surface area contributed by atoms with Crippen LogP contribution in [0.4, 0.5) is 5.69 Å². The topological polar surface area (TPSA) is 93.5 Å². The van der Waals surface area contributed by atoms with Crippen LogP contribution in [0.5, 0.6) is 5.75 Å². The molecule has 108 valence electrons. The van der Waals surface area contributed by atoms with Crippen molar-refractivity contribution in [1.82, 2.24) is 10.6 Å². The molecule has 0 radical (unpaired) electrons. The van der Waals surface area contributed by atoms with Gasteiger partial charge in [-0.1, -0.05) is 0 Å². The van der Waals surface area contributed by atoms with E-state index >= 15 is 0 Å². The van der Waals surface area contributed by atoms with Crippen LogP contribution in [-0.2, 0) is 0 Å². The second-order valence-corrected chi connectivity index (χ2v) is 4.64. The van der Waals surface area contributed by atoms with Crippen molar-refractivity contribution in [3.63, 3.8) is 0 Å². The highest BCUT2D eigenvalue weighted by atomic mass is 16.6. The number of amides is 1. The lowest BCUT2D eigenvalue weighted by atomic mass is 10.1. The largest absolute Gasteiger partial charge is 0.496 e. The number of hydrogen-bond donors (Lipinski definition) is 2. The van der Waals surface area contributed by atoms with E-state index in [1.54, 1.807) is 0 Å². The van der Waals surface area contributed by atoms with Gasteiger partial charge in [0.2, 0.25) is 0 Å². The molecular formula is C13H17N3O4. The minimum absolute atomic E-state index is 0.130. The van der Waals surface area contributed by atoms with E-state index in [-0.39, 0.29) is 23.2 Å². The van der Waals surface area contributed by atoms with E-state index < -0.39 is 4.92 Å². The molecule has 0 bridgehead atoms. The Kier molecular flexibility index (Phi) is 4.52. The second-order valence-electron chi connectivity index (χ2n) is 4.64. The summed E-state index contributed by atoms with van der Waals surface area (Å²) < 4.78 is 5.07. The number of benzene rings is 1. The van der Waals surface area contributed by atoms with Gasteiger partial charge in [0.15, 0.2) is 0 Å². The Morgan fingerprint density at radius 3 is 3.00 bits per heavy atom. The molecule has 1 aliphatic rings. The Morgan fingerprint density at radius 2 is 2.40 bits per heavy atom. The summed E-state index contributed by atoms with van der Waals surface area (Å²) in [5, 5.41) is 16.8. The molecule has 7 heteroatoms. The van der Waals surface area contributed by atoms with Gasteiger partial charge in [-0.05, 0) is 25.5 Å². The van der Waals surface area contributed by atoms with Gasteiger partial charge >= 0.3 is 0 Å². The summed E-state index contributed by atoms with van der Waals surface area (Å²) in [6.07, 6.45) is 2.12. The molecule has 0 saturated carbocycles. The Morgan fingerprint density at radius 1 is 1.60 bits per heavy atom. The fourth-order valence-electron chi connectivity index (χ4n) is 2.23. The number of nitro groups is 1. The van der Waals surface area contributed by atoms with E-state index in [9.17, 15) is 14.9 Å². The van der Waals surface area contributed by atoms with Crippen LogP contribution in [0.25, 0.3) is 0 Å². The maximum absolute atomic E-state index is 12.1. The molecule has 20 heavy (non-hydrogen) atoms. The lowest BCUT2D eigenvalue weighted by molar-refractivity contribution is -0.384. The molecule has 7 nitrogen and oxygen atoms in total. The number of carbonyl (C=O) groups is 1. The van der Waals surface area contributed by atoms with Gasteiger partial charge < -0.3 is 15.4 Å². The molecule has 1 fully saturated rings. The molecule has 1 aliphatic heterocycles. The van der Waals surface area contributed by atoms with Crippen LogP contribution in [0, 0.1) is 10.1 Å². The molecule has 0 aliphatic carbocycles. The summed E-state index contributed by atoms with van der Waals surface area (Å²) in [6, 6.07) is 4.24. The zero-order valence-corrected chi connectivity index (χ0v) is 11.2. The molecule has 0 aromatic heterocycles. The number of methoxy groups -OCH3 is 1. The molecule has 1 heterocycles. The van der Waals surface area contributed by atoms with E-state index in [1.165, 1.54) is 25.3 Å². The first kappa shape index (κ1) is 14.3. The third kappa shape index (κ3) is 3.24. The van der Waals surface area contributed by atoms with Crippen LogP contribution in [0.1, 0.15) is 23.2 Å². The number of nitrogens with zero attached hydrogens (tertiary/aromatic N) is 1. The molecule has 0 spiro atoms. The van der Waals surface area contributed by atoms with Crippen molar-refractivity contribution in [2.24, 2.45) is 0 Å². The predicted octanol–water partition coefficient (Wildman–Crippen LogP) is 1.09. The average Bonchev–Trinajstić information content (AvgIpc) is 2.97. The fourth-order valence-corrected chi connectivity index (χ4v) is 2.23. The summed E-state index contributed by atoms with van der Waals surface area (Å²) in [7, 11) is 1.43. The van der Waals surface area contributed by atoms with Crippen molar-refractivity contribution in [2.75, 3.05) is 20.2 Å². The first-order valence-corrected chi connectivity index (χ1v) is 6.46.